The van der Waals surface area contributed by atoms with Crippen LogP contribution in [0.2, 0.25) is 10.0 Å². The van der Waals surface area contributed by atoms with Crippen LogP contribution in [-0.2, 0) is 0 Å². The zero-order chi connectivity index (χ0) is 18.4. The van der Waals surface area contributed by atoms with E-state index in [0.29, 0.717) is 27.5 Å². The number of benzene rings is 2. The van der Waals surface area contributed by atoms with Crippen molar-refractivity contribution in [3.63, 3.8) is 0 Å². The van der Waals surface area contributed by atoms with E-state index in [0.717, 1.165) is 27.7 Å². The Bertz CT molecular complexity index is 900. The van der Waals surface area contributed by atoms with Gasteiger partial charge >= 0.3 is 0 Å². The van der Waals surface area contributed by atoms with Crippen molar-refractivity contribution in [2.45, 2.75) is 18.4 Å². The fourth-order valence-electron chi connectivity index (χ4n) is 4.09. The largest absolute Gasteiger partial charge is 0.493 e. The molecular formula is C20H18BrCl2NO2. The third-order valence-electron chi connectivity index (χ3n) is 5.19. The maximum Gasteiger partial charge on any atom is 0.174 e. The summed E-state index contributed by atoms with van der Waals surface area (Å²) in [5.74, 6) is 2.05. The van der Waals surface area contributed by atoms with E-state index in [4.69, 9.17) is 32.7 Å². The van der Waals surface area contributed by atoms with Gasteiger partial charge in [-0.3, -0.25) is 0 Å². The first kappa shape index (κ1) is 18.0. The van der Waals surface area contributed by atoms with Crippen LogP contribution in [-0.4, -0.2) is 14.2 Å². The fourth-order valence-corrected chi connectivity index (χ4v) is 5.33. The molecular weight excluding hydrogens is 437 g/mol. The highest BCUT2D eigenvalue weighted by Gasteiger charge is 2.39. The molecule has 1 heterocycles. The highest BCUT2D eigenvalue weighted by molar-refractivity contribution is 9.10. The van der Waals surface area contributed by atoms with Crippen molar-refractivity contribution in [2.24, 2.45) is 5.92 Å². The monoisotopic (exact) mass is 453 g/mol. The molecule has 0 unspecified atom stereocenters. The molecule has 4 rings (SSSR count). The standard InChI is InChI=1S/C20H18BrCl2NO2/c1-25-17-7-10(6-14(21)20(17)26-2)19-13-5-3-4-12(13)18-15(23)8-11(22)9-16(18)24-19/h3-4,6-9,12-13,19,24H,5H2,1-2H3/t12-,13-,19-/m0/s1. The second kappa shape index (κ2) is 6.99. The minimum Gasteiger partial charge on any atom is -0.493 e. The lowest BCUT2D eigenvalue weighted by Crippen LogP contribution is -2.29. The van der Waals surface area contributed by atoms with E-state index in [-0.39, 0.29) is 12.0 Å². The molecule has 2 aromatic rings. The van der Waals surface area contributed by atoms with E-state index in [1.54, 1.807) is 14.2 Å². The minimum absolute atomic E-state index is 0.119. The molecule has 2 aromatic carbocycles. The number of methoxy groups -OCH3 is 2. The lowest BCUT2D eigenvalue weighted by Gasteiger charge is -2.38. The molecule has 0 saturated heterocycles. The Morgan fingerprint density at radius 2 is 1.92 bits per heavy atom. The zero-order valence-corrected chi connectivity index (χ0v) is 17.5. The van der Waals surface area contributed by atoms with E-state index >= 15 is 0 Å². The quantitative estimate of drug-likeness (QED) is 0.530. The molecule has 0 saturated carbocycles. The number of fused-ring (bicyclic) bond motifs is 3. The van der Waals surface area contributed by atoms with Crippen LogP contribution in [0.25, 0.3) is 0 Å². The number of hydrogen-bond acceptors (Lipinski definition) is 3. The predicted octanol–water partition coefficient (Wildman–Crippen LogP) is 6.60. The second-order valence-electron chi connectivity index (χ2n) is 6.56. The first-order valence-electron chi connectivity index (χ1n) is 8.37. The minimum atomic E-state index is 0.119. The Labute approximate surface area is 171 Å². The summed E-state index contributed by atoms with van der Waals surface area (Å²) in [5.41, 5.74) is 3.26. The summed E-state index contributed by atoms with van der Waals surface area (Å²) in [4.78, 5) is 0. The van der Waals surface area contributed by atoms with Crippen LogP contribution in [0.3, 0.4) is 0 Å². The molecule has 1 aliphatic heterocycles. The molecule has 0 aromatic heterocycles. The van der Waals surface area contributed by atoms with Gasteiger partial charge in [0.1, 0.15) is 0 Å². The van der Waals surface area contributed by atoms with Crippen LogP contribution in [0.5, 0.6) is 11.5 Å². The summed E-state index contributed by atoms with van der Waals surface area (Å²) in [6.07, 6.45) is 5.49. The third kappa shape index (κ3) is 2.88. The average Bonchev–Trinajstić information content (AvgIpc) is 3.09. The van der Waals surface area contributed by atoms with Crippen LogP contribution in [0.15, 0.2) is 40.9 Å². The lowest BCUT2D eigenvalue weighted by atomic mass is 9.77. The van der Waals surface area contributed by atoms with Crippen molar-refractivity contribution in [2.75, 3.05) is 19.5 Å². The smallest absolute Gasteiger partial charge is 0.174 e. The highest BCUT2D eigenvalue weighted by Crippen LogP contribution is 2.53. The maximum atomic E-state index is 6.52. The van der Waals surface area contributed by atoms with E-state index < -0.39 is 0 Å². The molecule has 2 aliphatic rings. The van der Waals surface area contributed by atoms with Crippen molar-refractivity contribution in [1.29, 1.82) is 0 Å². The van der Waals surface area contributed by atoms with Gasteiger partial charge in [-0.1, -0.05) is 35.4 Å². The number of ether oxygens (including phenoxy) is 2. The number of rotatable bonds is 3. The van der Waals surface area contributed by atoms with Gasteiger partial charge in [0.15, 0.2) is 11.5 Å². The molecule has 136 valence electrons. The van der Waals surface area contributed by atoms with E-state index in [9.17, 15) is 0 Å². The normalized spacial score (nSPS) is 23.2. The van der Waals surface area contributed by atoms with Crippen molar-refractivity contribution < 1.29 is 9.47 Å². The van der Waals surface area contributed by atoms with Crippen LogP contribution >= 0.6 is 39.1 Å². The summed E-state index contributed by atoms with van der Waals surface area (Å²) in [7, 11) is 3.29. The molecule has 0 spiro atoms. The van der Waals surface area contributed by atoms with Gasteiger partial charge in [0, 0.05) is 27.2 Å². The molecule has 0 fully saturated rings. The van der Waals surface area contributed by atoms with Gasteiger partial charge in [-0.2, -0.15) is 0 Å². The number of halogens is 3. The van der Waals surface area contributed by atoms with E-state index in [2.05, 4.69) is 39.5 Å². The summed E-state index contributed by atoms with van der Waals surface area (Å²) >= 11 is 16.4. The van der Waals surface area contributed by atoms with Gasteiger partial charge < -0.3 is 14.8 Å². The molecule has 0 amide bonds. The van der Waals surface area contributed by atoms with E-state index in [1.165, 1.54) is 0 Å². The summed E-state index contributed by atoms with van der Waals surface area (Å²) < 4.78 is 11.8. The van der Waals surface area contributed by atoms with Crippen molar-refractivity contribution >= 4 is 44.8 Å². The third-order valence-corrected chi connectivity index (χ3v) is 6.31. The van der Waals surface area contributed by atoms with Gasteiger partial charge in [-0.05, 0) is 58.1 Å². The molecule has 3 atom stereocenters. The summed E-state index contributed by atoms with van der Waals surface area (Å²) in [6.45, 7) is 0. The first-order valence-corrected chi connectivity index (χ1v) is 9.92. The Hall–Kier alpha value is -1.36. The van der Waals surface area contributed by atoms with Crippen molar-refractivity contribution in [3.05, 3.63) is 62.1 Å². The zero-order valence-electron chi connectivity index (χ0n) is 14.4. The van der Waals surface area contributed by atoms with Gasteiger partial charge in [0.25, 0.3) is 0 Å². The summed E-state index contributed by atoms with van der Waals surface area (Å²) in [6, 6.07) is 8.01. The van der Waals surface area contributed by atoms with Crippen molar-refractivity contribution in [1.82, 2.24) is 0 Å². The number of allylic oxidation sites excluding steroid dienone is 2. The molecule has 0 radical (unpaired) electrons. The summed E-state index contributed by atoms with van der Waals surface area (Å²) in [5, 5.41) is 5.01. The van der Waals surface area contributed by atoms with Gasteiger partial charge in [-0.25, -0.2) is 0 Å². The lowest BCUT2D eigenvalue weighted by molar-refractivity contribution is 0.351. The van der Waals surface area contributed by atoms with Gasteiger partial charge in [0.2, 0.25) is 0 Å². The SMILES string of the molecule is COc1cc([C@@H]2Nc3cc(Cl)cc(Cl)c3[C@H]3C=CC[C@@H]32)cc(Br)c1OC. The first-order chi connectivity index (χ1) is 12.5. The number of hydrogen-bond donors (Lipinski definition) is 1. The molecule has 26 heavy (non-hydrogen) atoms. The maximum absolute atomic E-state index is 6.52. The molecule has 0 bridgehead atoms. The van der Waals surface area contributed by atoms with Gasteiger partial charge in [0.05, 0.1) is 24.7 Å². The average molecular weight is 455 g/mol. The topological polar surface area (TPSA) is 30.5 Å². The Morgan fingerprint density at radius 3 is 2.65 bits per heavy atom. The van der Waals surface area contributed by atoms with Crippen LogP contribution < -0.4 is 14.8 Å². The van der Waals surface area contributed by atoms with Crippen LogP contribution in [0.1, 0.15) is 29.5 Å². The molecule has 3 nitrogen and oxygen atoms in total. The van der Waals surface area contributed by atoms with E-state index in [1.807, 2.05) is 18.2 Å². The predicted molar refractivity (Wildman–Crippen MR) is 110 cm³/mol. The second-order valence-corrected chi connectivity index (χ2v) is 8.26. The molecule has 1 N–H and O–H groups in total. The number of nitrogens with one attached hydrogen (secondary N) is 1. The Balaban J connectivity index is 1.82. The molecule has 6 heteroatoms. The number of anilines is 1. The molecule has 1 aliphatic carbocycles. The van der Waals surface area contributed by atoms with Crippen LogP contribution in [0.4, 0.5) is 5.69 Å². The van der Waals surface area contributed by atoms with Gasteiger partial charge in [-0.15, -0.1) is 0 Å². The highest BCUT2D eigenvalue weighted by atomic mass is 79.9. The Kier molecular flexibility index (Phi) is 4.84. The van der Waals surface area contributed by atoms with Crippen LogP contribution in [0, 0.1) is 5.92 Å². The fraction of sp³-hybridized carbons (Fsp3) is 0.300. The Morgan fingerprint density at radius 1 is 1.12 bits per heavy atom. The van der Waals surface area contributed by atoms with Crippen molar-refractivity contribution in [3.8, 4) is 11.5 Å².